The molecule has 2 aromatic rings. The molecule has 2 N–H and O–H groups in total. The molecular weight excluding hydrogens is 294 g/mol. The molecular formula is C17H21N3O3. The molecule has 1 saturated heterocycles. The number of nitrogens with one attached hydrogen (secondary N) is 2. The zero-order valence-electron chi connectivity index (χ0n) is 13.4. The molecule has 1 aromatic carbocycles. The van der Waals surface area contributed by atoms with Gasteiger partial charge in [0.05, 0.1) is 23.1 Å². The Morgan fingerprint density at radius 3 is 2.87 bits per heavy atom. The maximum absolute atomic E-state index is 12.3. The summed E-state index contributed by atoms with van der Waals surface area (Å²) in [5.74, 6) is -0.0857. The van der Waals surface area contributed by atoms with Crippen molar-refractivity contribution in [2.75, 3.05) is 6.61 Å². The minimum atomic E-state index is -0.240. The number of aromatic amines is 1. The number of carbonyl (C=O) groups excluding carboxylic acids is 1. The van der Waals surface area contributed by atoms with Crippen LogP contribution in [0.4, 0.5) is 0 Å². The molecule has 0 spiro atoms. The van der Waals surface area contributed by atoms with Crippen LogP contribution >= 0.6 is 0 Å². The smallest absolute Gasteiger partial charge is 0.272 e. The Morgan fingerprint density at radius 2 is 2.13 bits per heavy atom. The number of aromatic nitrogens is 2. The minimum absolute atomic E-state index is 0.0857. The van der Waals surface area contributed by atoms with E-state index in [1.807, 2.05) is 26.0 Å². The lowest BCUT2D eigenvalue weighted by Crippen LogP contribution is -2.46. The fourth-order valence-corrected chi connectivity index (χ4v) is 3.09. The molecule has 0 unspecified atom stereocenters. The molecule has 2 heterocycles. The molecule has 6 heteroatoms. The molecule has 1 aliphatic heterocycles. The molecule has 0 bridgehead atoms. The standard InChI is InChI=1S/C17H21N3O3/c1-17(2)10-11(7-8-23-17)18-15(21)9-14-12-5-3-4-6-13(12)16(22)20-19-14/h3-6,11H,7-10H2,1-2H3,(H,18,21)(H,20,22)/t11-/m1/s1. The number of fused-ring (bicyclic) bond motifs is 1. The number of carbonyl (C=O) groups is 1. The van der Waals surface area contributed by atoms with Crippen molar-refractivity contribution in [3.63, 3.8) is 0 Å². The first-order valence-corrected chi connectivity index (χ1v) is 7.84. The normalized spacial score (nSPS) is 20.3. The lowest BCUT2D eigenvalue weighted by Gasteiger charge is -2.35. The van der Waals surface area contributed by atoms with E-state index in [-0.39, 0.29) is 29.5 Å². The van der Waals surface area contributed by atoms with Crippen LogP contribution in [-0.4, -0.2) is 34.4 Å². The van der Waals surface area contributed by atoms with Crippen LogP contribution in [0.25, 0.3) is 10.8 Å². The quantitative estimate of drug-likeness (QED) is 0.900. The van der Waals surface area contributed by atoms with Crippen LogP contribution < -0.4 is 10.9 Å². The monoisotopic (exact) mass is 315 g/mol. The zero-order valence-corrected chi connectivity index (χ0v) is 13.4. The summed E-state index contributed by atoms with van der Waals surface area (Å²) < 4.78 is 5.66. The molecule has 122 valence electrons. The average Bonchev–Trinajstić information content (AvgIpc) is 2.49. The second-order valence-electron chi connectivity index (χ2n) is 6.59. The number of H-pyrrole nitrogens is 1. The van der Waals surface area contributed by atoms with E-state index < -0.39 is 0 Å². The number of hydrogen-bond acceptors (Lipinski definition) is 4. The Bertz CT molecular complexity index is 782. The third-order valence-electron chi connectivity index (χ3n) is 4.17. The summed E-state index contributed by atoms with van der Waals surface area (Å²) in [7, 11) is 0. The van der Waals surface area contributed by atoms with Gasteiger partial charge >= 0.3 is 0 Å². The van der Waals surface area contributed by atoms with Gasteiger partial charge in [-0.2, -0.15) is 5.10 Å². The van der Waals surface area contributed by atoms with Gasteiger partial charge in [-0.05, 0) is 32.8 Å². The van der Waals surface area contributed by atoms with Gasteiger partial charge in [-0.1, -0.05) is 18.2 Å². The number of benzene rings is 1. The molecule has 1 aliphatic rings. The van der Waals surface area contributed by atoms with Crippen LogP contribution in [0.2, 0.25) is 0 Å². The van der Waals surface area contributed by atoms with Gasteiger partial charge in [0, 0.05) is 18.0 Å². The predicted molar refractivity (Wildman–Crippen MR) is 87.3 cm³/mol. The Labute approximate surface area is 134 Å². The van der Waals surface area contributed by atoms with Gasteiger partial charge in [0.25, 0.3) is 5.56 Å². The van der Waals surface area contributed by atoms with Crippen LogP contribution in [0.1, 0.15) is 32.4 Å². The van der Waals surface area contributed by atoms with Crippen molar-refractivity contribution in [2.24, 2.45) is 0 Å². The van der Waals surface area contributed by atoms with E-state index in [1.165, 1.54) is 0 Å². The maximum Gasteiger partial charge on any atom is 0.272 e. The largest absolute Gasteiger partial charge is 0.375 e. The highest BCUT2D eigenvalue weighted by Gasteiger charge is 2.29. The third-order valence-corrected chi connectivity index (χ3v) is 4.17. The van der Waals surface area contributed by atoms with Crippen LogP contribution in [-0.2, 0) is 16.0 Å². The van der Waals surface area contributed by atoms with Gasteiger partial charge in [-0.15, -0.1) is 0 Å². The first kappa shape index (κ1) is 15.7. The lowest BCUT2D eigenvalue weighted by atomic mass is 9.94. The minimum Gasteiger partial charge on any atom is -0.375 e. The van der Waals surface area contributed by atoms with E-state index >= 15 is 0 Å². The van der Waals surface area contributed by atoms with E-state index in [0.29, 0.717) is 17.7 Å². The molecule has 23 heavy (non-hydrogen) atoms. The molecule has 3 rings (SSSR count). The number of hydrogen-bond donors (Lipinski definition) is 2. The van der Waals surface area contributed by atoms with Gasteiger partial charge < -0.3 is 10.1 Å². The van der Waals surface area contributed by atoms with Crippen molar-refractivity contribution in [2.45, 2.75) is 44.8 Å². The van der Waals surface area contributed by atoms with Crippen molar-refractivity contribution in [1.29, 1.82) is 0 Å². The van der Waals surface area contributed by atoms with Crippen molar-refractivity contribution < 1.29 is 9.53 Å². The van der Waals surface area contributed by atoms with E-state index in [9.17, 15) is 9.59 Å². The highest BCUT2D eigenvalue weighted by Crippen LogP contribution is 2.24. The van der Waals surface area contributed by atoms with E-state index in [2.05, 4.69) is 15.5 Å². The first-order valence-electron chi connectivity index (χ1n) is 7.84. The van der Waals surface area contributed by atoms with Gasteiger partial charge in [-0.25, -0.2) is 5.10 Å². The predicted octanol–water partition coefficient (Wildman–Crippen LogP) is 1.54. The van der Waals surface area contributed by atoms with Crippen LogP contribution in [0.5, 0.6) is 0 Å². The van der Waals surface area contributed by atoms with E-state index in [4.69, 9.17) is 4.74 Å². The van der Waals surface area contributed by atoms with Gasteiger partial charge in [0.2, 0.25) is 5.91 Å². The second kappa shape index (κ2) is 6.12. The molecule has 0 aliphatic carbocycles. The number of nitrogens with zero attached hydrogens (tertiary/aromatic N) is 1. The van der Waals surface area contributed by atoms with Crippen molar-refractivity contribution in [3.8, 4) is 0 Å². The van der Waals surface area contributed by atoms with Crippen molar-refractivity contribution in [3.05, 3.63) is 40.3 Å². The Hall–Kier alpha value is -2.21. The molecule has 1 aromatic heterocycles. The number of ether oxygens (including phenoxy) is 1. The highest BCUT2D eigenvalue weighted by molar-refractivity contribution is 5.88. The van der Waals surface area contributed by atoms with Crippen LogP contribution in [0, 0.1) is 0 Å². The molecule has 1 atom stereocenters. The Morgan fingerprint density at radius 1 is 1.39 bits per heavy atom. The number of rotatable bonds is 3. The van der Waals surface area contributed by atoms with E-state index in [0.717, 1.165) is 18.2 Å². The molecule has 0 saturated carbocycles. The van der Waals surface area contributed by atoms with Gasteiger partial charge in [0.1, 0.15) is 0 Å². The van der Waals surface area contributed by atoms with Gasteiger partial charge in [-0.3, -0.25) is 9.59 Å². The topological polar surface area (TPSA) is 84.1 Å². The first-order chi connectivity index (χ1) is 10.9. The third kappa shape index (κ3) is 3.59. The van der Waals surface area contributed by atoms with E-state index in [1.54, 1.807) is 12.1 Å². The van der Waals surface area contributed by atoms with Crippen LogP contribution in [0.3, 0.4) is 0 Å². The fourth-order valence-electron chi connectivity index (χ4n) is 3.09. The average molecular weight is 315 g/mol. The zero-order chi connectivity index (χ0) is 16.4. The summed E-state index contributed by atoms with van der Waals surface area (Å²) in [6.07, 6.45) is 1.75. The van der Waals surface area contributed by atoms with Crippen molar-refractivity contribution in [1.82, 2.24) is 15.5 Å². The Balaban J connectivity index is 1.74. The van der Waals surface area contributed by atoms with Crippen LogP contribution in [0.15, 0.2) is 29.1 Å². The summed E-state index contributed by atoms with van der Waals surface area (Å²) in [4.78, 5) is 24.1. The summed E-state index contributed by atoms with van der Waals surface area (Å²) in [6, 6.07) is 7.30. The summed E-state index contributed by atoms with van der Waals surface area (Å²) in [6.45, 7) is 4.71. The lowest BCUT2D eigenvalue weighted by molar-refractivity contribution is -0.123. The summed E-state index contributed by atoms with van der Waals surface area (Å²) >= 11 is 0. The molecule has 1 fully saturated rings. The fraction of sp³-hybridized carbons (Fsp3) is 0.471. The highest BCUT2D eigenvalue weighted by atomic mass is 16.5. The summed E-state index contributed by atoms with van der Waals surface area (Å²) in [5, 5.41) is 10.8. The molecule has 6 nitrogen and oxygen atoms in total. The number of amides is 1. The summed E-state index contributed by atoms with van der Waals surface area (Å²) in [5.41, 5.74) is 0.138. The van der Waals surface area contributed by atoms with Gasteiger partial charge in [0.15, 0.2) is 0 Å². The SMILES string of the molecule is CC1(C)C[C@H](NC(=O)Cc2n[nH]c(=O)c3ccccc23)CCO1. The second-order valence-corrected chi connectivity index (χ2v) is 6.59. The molecule has 0 radical (unpaired) electrons. The Kier molecular flexibility index (Phi) is 4.17. The molecule has 1 amide bonds. The maximum atomic E-state index is 12.3. The van der Waals surface area contributed by atoms with Crippen molar-refractivity contribution >= 4 is 16.7 Å².